The van der Waals surface area contributed by atoms with Crippen LogP contribution in [0.5, 0.6) is 0 Å². The Kier molecular flexibility index (Phi) is 42.0. The zero-order valence-corrected chi connectivity index (χ0v) is 43.2. The van der Waals surface area contributed by atoms with Crippen LogP contribution in [0.15, 0.2) is 0 Å². The number of hydrogen-bond donors (Lipinski definition) is 3. The van der Waals surface area contributed by atoms with Crippen molar-refractivity contribution >= 4 is 23.9 Å². The molecule has 6 unspecified atom stereocenters. The van der Waals surface area contributed by atoms with E-state index in [1.54, 1.807) is 0 Å². The Labute approximate surface area is 408 Å². The predicted octanol–water partition coefficient (Wildman–Crippen LogP) is 13.6. The van der Waals surface area contributed by atoms with Gasteiger partial charge in [-0.2, -0.15) is 0 Å². The molecule has 67 heavy (non-hydrogen) atoms. The highest BCUT2D eigenvalue weighted by Crippen LogP contribution is 2.26. The van der Waals surface area contributed by atoms with Gasteiger partial charge in [0.1, 0.15) is 18.8 Å². The molecule has 0 spiro atoms. The topological polar surface area (TPSA) is 175 Å². The molecule has 1 heterocycles. The van der Waals surface area contributed by atoms with Gasteiger partial charge in [-0.15, -0.1) is 0 Å². The highest BCUT2D eigenvalue weighted by molar-refractivity contribution is 5.74. The second-order valence-corrected chi connectivity index (χ2v) is 19.6. The molecule has 1 fully saturated rings. The Hall–Kier alpha value is -2.28. The summed E-state index contributed by atoms with van der Waals surface area (Å²) in [5.41, 5.74) is 0. The monoisotopic (exact) mass is 955 g/mol. The maximum atomic E-state index is 13.1. The van der Waals surface area contributed by atoms with Crippen LogP contribution in [-0.2, 0) is 42.9 Å². The summed E-state index contributed by atoms with van der Waals surface area (Å²) >= 11 is 0. The summed E-state index contributed by atoms with van der Waals surface area (Å²) in [6.07, 6.45) is 33.7. The van der Waals surface area contributed by atoms with E-state index in [-0.39, 0.29) is 25.9 Å². The average molecular weight is 955 g/mol. The summed E-state index contributed by atoms with van der Waals surface area (Å²) in [5.74, 6) is -3.08. The lowest BCUT2D eigenvalue weighted by molar-refractivity contribution is -0.301. The Morgan fingerprint density at radius 2 is 0.761 bits per heavy atom. The maximum absolute atomic E-state index is 13.1. The third-order valence-electron chi connectivity index (χ3n) is 13.2. The summed E-state index contributed by atoms with van der Waals surface area (Å²) in [6.45, 7) is 6.00. The van der Waals surface area contributed by atoms with Crippen LogP contribution in [0, 0.1) is 0 Å². The number of hydrogen-bond acceptors (Lipinski definition) is 11. The van der Waals surface area contributed by atoms with Crippen LogP contribution in [0.4, 0.5) is 0 Å². The van der Waals surface area contributed by atoms with Crippen molar-refractivity contribution in [2.45, 2.75) is 314 Å². The molecule has 0 bridgehead atoms. The molecule has 6 atom stereocenters. The van der Waals surface area contributed by atoms with Gasteiger partial charge in [0.2, 0.25) is 0 Å². The molecule has 1 saturated heterocycles. The fourth-order valence-corrected chi connectivity index (χ4v) is 8.84. The lowest BCUT2D eigenvalue weighted by atomic mass is 9.98. The number of carbonyl (C=O) groups excluding carboxylic acids is 3. The Balaban J connectivity index is 2.69. The van der Waals surface area contributed by atoms with Gasteiger partial charge in [0.05, 0.1) is 6.61 Å². The highest BCUT2D eigenvalue weighted by Gasteiger charge is 2.50. The number of aliphatic carboxylic acids is 1. The number of esters is 3. The van der Waals surface area contributed by atoms with Gasteiger partial charge in [0, 0.05) is 19.3 Å². The molecule has 12 nitrogen and oxygen atoms in total. The van der Waals surface area contributed by atoms with Crippen molar-refractivity contribution in [3.05, 3.63) is 0 Å². The third-order valence-corrected chi connectivity index (χ3v) is 13.2. The average Bonchev–Trinajstić information content (AvgIpc) is 3.31. The van der Waals surface area contributed by atoms with Gasteiger partial charge < -0.3 is 39.0 Å². The van der Waals surface area contributed by atoms with E-state index in [0.29, 0.717) is 19.3 Å². The zero-order valence-electron chi connectivity index (χ0n) is 43.2. The van der Waals surface area contributed by atoms with Crippen LogP contribution in [0.25, 0.3) is 0 Å². The molecule has 3 N–H and O–H groups in total. The number of aliphatic hydroxyl groups excluding tert-OH is 2. The number of ether oxygens (including phenoxy) is 5. The zero-order chi connectivity index (χ0) is 49.0. The van der Waals surface area contributed by atoms with E-state index in [1.165, 1.54) is 161 Å². The fraction of sp³-hybridized carbons (Fsp3) is 0.927. The van der Waals surface area contributed by atoms with Gasteiger partial charge in [0.15, 0.2) is 24.6 Å². The molecule has 0 amide bonds. The summed E-state index contributed by atoms with van der Waals surface area (Å²) < 4.78 is 28.4. The van der Waals surface area contributed by atoms with E-state index < -0.39 is 67.3 Å². The van der Waals surface area contributed by atoms with Gasteiger partial charge in [-0.3, -0.25) is 14.4 Å². The quantitative estimate of drug-likeness (QED) is 0.0299. The Morgan fingerprint density at radius 1 is 0.433 bits per heavy atom. The van der Waals surface area contributed by atoms with Crippen molar-refractivity contribution < 1.29 is 58.2 Å². The van der Waals surface area contributed by atoms with Crippen molar-refractivity contribution in [2.24, 2.45) is 0 Å². The molecular formula is C55H102O12. The van der Waals surface area contributed by atoms with Crippen molar-refractivity contribution in [1.82, 2.24) is 0 Å². The molecule has 0 aromatic rings. The first-order valence-electron chi connectivity index (χ1n) is 28.0. The molecule has 0 aromatic heterocycles. The second kappa shape index (κ2) is 44.9. The molecule has 1 rings (SSSR count). The van der Waals surface area contributed by atoms with E-state index in [0.717, 1.165) is 57.8 Å². The number of unbranched alkanes of at least 4 members (excludes halogenated alkanes) is 34. The first-order chi connectivity index (χ1) is 32.6. The van der Waals surface area contributed by atoms with E-state index in [2.05, 4.69) is 20.8 Å². The Bertz CT molecular complexity index is 1180. The molecule has 0 radical (unpaired) electrons. The van der Waals surface area contributed by atoms with Crippen LogP contribution in [-0.4, -0.2) is 89.2 Å². The maximum Gasteiger partial charge on any atom is 0.335 e. The molecule has 1 aliphatic heterocycles. The van der Waals surface area contributed by atoms with Crippen LogP contribution >= 0.6 is 0 Å². The highest BCUT2D eigenvalue weighted by atomic mass is 16.7. The van der Waals surface area contributed by atoms with Gasteiger partial charge in [-0.1, -0.05) is 239 Å². The standard InChI is InChI=1S/C55H102O12/c1-4-7-10-13-16-19-22-24-27-29-32-35-38-41-47(56)63-44-46(65-48(57)42-39-36-33-30-26-21-18-15-12-9-6-3)45-64-55-53(51(60)50(59)52(67-55)54(61)62)66-49(58)43-40-37-34-31-28-25-23-20-17-14-11-8-5-2/h46,50-53,55,59-60H,4-45H2,1-3H3,(H,61,62). The normalized spacial score (nSPS) is 18.7. The van der Waals surface area contributed by atoms with Crippen molar-refractivity contribution in [2.75, 3.05) is 13.2 Å². The van der Waals surface area contributed by atoms with Crippen LogP contribution in [0.1, 0.15) is 278 Å². The van der Waals surface area contributed by atoms with Gasteiger partial charge in [-0.25, -0.2) is 4.79 Å². The van der Waals surface area contributed by atoms with Crippen molar-refractivity contribution in [3.8, 4) is 0 Å². The predicted molar refractivity (Wildman–Crippen MR) is 267 cm³/mol. The third kappa shape index (κ3) is 35.5. The molecule has 0 saturated carbocycles. The Morgan fingerprint density at radius 3 is 1.12 bits per heavy atom. The fourth-order valence-electron chi connectivity index (χ4n) is 8.84. The first-order valence-corrected chi connectivity index (χ1v) is 28.0. The summed E-state index contributed by atoms with van der Waals surface area (Å²) in [6, 6.07) is 0. The van der Waals surface area contributed by atoms with Gasteiger partial charge in [-0.05, 0) is 19.3 Å². The molecule has 394 valence electrons. The number of carboxylic acids is 1. The minimum Gasteiger partial charge on any atom is -0.479 e. The molecular weight excluding hydrogens is 853 g/mol. The lowest BCUT2D eigenvalue weighted by Gasteiger charge is -2.40. The number of carboxylic acid groups (broad SMARTS) is 1. The summed E-state index contributed by atoms with van der Waals surface area (Å²) in [4.78, 5) is 50.9. The van der Waals surface area contributed by atoms with E-state index >= 15 is 0 Å². The number of carbonyl (C=O) groups is 4. The van der Waals surface area contributed by atoms with Crippen molar-refractivity contribution in [1.29, 1.82) is 0 Å². The molecule has 1 aliphatic rings. The van der Waals surface area contributed by atoms with Gasteiger partial charge in [0.25, 0.3) is 0 Å². The SMILES string of the molecule is CCCCCCCCCCCCCCCC(=O)OCC(COC1OC(C(=O)O)C(O)C(O)C1OC(=O)CCCCCCCCCCCCCCC)OC(=O)CCCCCCCCCCCCC. The minimum absolute atomic E-state index is 0.0701. The van der Waals surface area contributed by atoms with E-state index in [1.807, 2.05) is 0 Å². The van der Waals surface area contributed by atoms with Crippen molar-refractivity contribution in [3.63, 3.8) is 0 Å². The molecule has 12 heteroatoms. The van der Waals surface area contributed by atoms with E-state index in [4.69, 9.17) is 23.7 Å². The second-order valence-electron chi connectivity index (χ2n) is 19.6. The van der Waals surface area contributed by atoms with Gasteiger partial charge >= 0.3 is 23.9 Å². The van der Waals surface area contributed by atoms with E-state index in [9.17, 15) is 34.5 Å². The number of rotatable bonds is 48. The molecule has 0 aromatic carbocycles. The van der Waals surface area contributed by atoms with Crippen LogP contribution in [0.3, 0.4) is 0 Å². The lowest BCUT2D eigenvalue weighted by Crippen LogP contribution is -2.61. The smallest absolute Gasteiger partial charge is 0.335 e. The summed E-state index contributed by atoms with van der Waals surface area (Å²) in [7, 11) is 0. The van der Waals surface area contributed by atoms with Crippen LogP contribution < -0.4 is 0 Å². The number of aliphatic hydroxyl groups is 2. The first kappa shape index (κ1) is 62.7. The molecule has 0 aliphatic carbocycles. The van der Waals surface area contributed by atoms with Crippen LogP contribution in [0.2, 0.25) is 0 Å². The minimum atomic E-state index is -1.89. The summed E-state index contributed by atoms with van der Waals surface area (Å²) in [5, 5.41) is 31.4. The largest absolute Gasteiger partial charge is 0.479 e.